The lowest BCUT2D eigenvalue weighted by Gasteiger charge is -2.07. The van der Waals surface area contributed by atoms with E-state index in [4.69, 9.17) is 5.11 Å². The average Bonchev–Trinajstić information content (AvgIpc) is 2.63. The van der Waals surface area contributed by atoms with Gasteiger partial charge in [-0.1, -0.05) is 42.5 Å². The number of rotatable bonds is 9. The van der Waals surface area contributed by atoms with Crippen LogP contribution in [0.25, 0.3) is 0 Å². The number of benzene rings is 2. The van der Waals surface area contributed by atoms with Crippen molar-refractivity contribution in [3.8, 4) is 0 Å². The molecule has 0 fully saturated rings. The highest BCUT2D eigenvalue weighted by atomic mass is 16.4. The normalized spacial score (nSPS) is 10.2. The standard InChI is InChI=1S/C20H22N2O4/c23-18(10-12-22-19(24)14-15-5-2-1-3-6-15)21-11-9-16-7-4-8-17(13-16)20(25)26/h1-8,13H,9-12,14H2,(H,21,23)(H,22,24)(H,25,26). The zero-order chi connectivity index (χ0) is 18.8. The Bertz CT molecular complexity index is 759. The van der Waals surface area contributed by atoms with E-state index in [-0.39, 0.29) is 30.3 Å². The largest absolute Gasteiger partial charge is 0.478 e. The molecule has 6 heteroatoms. The second-order valence-corrected chi connectivity index (χ2v) is 5.87. The maximum absolute atomic E-state index is 11.8. The fourth-order valence-corrected chi connectivity index (χ4v) is 2.45. The van der Waals surface area contributed by atoms with Gasteiger partial charge in [-0.2, -0.15) is 0 Å². The van der Waals surface area contributed by atoms with Gasteiger partial charge in [-0.25, -0.2) is 4.79 Å². The van der Waals surface area contributed by atoms with Crippen LogP contribution in [0.15, 0.2) is 54.6 Å². The van der Waals surface area contributed by atoms with Crippen molar-refractivity contribution in [2.45, 2.75) is 19.3 Å². The third-order valence-corrected chi connectivity index (χ3v) is 3.79. The molecule has 3 N–H and O–H groups in total. The number of nitrogens with one attached hydrogen (secondary N) is 2. The highest BCUT2D eigenvalue weighted by Crippen LogP contribution is 2.05. The van der Waals surface area contributed by atoms with Gasteiger partial charge in [-0.05, 0) is 29.7 Å². The zero-order valence-corrected chi connectivity index (χ0v) is 14.4. The molecule has 0 spiro atoms. The molecule has 26 heavy (non-hydrogen) atoms. The van der Waals surface area contributed by atoms with E-state index in [0.29, 0.717) is 19.4 Å². The lowest BCUT2D eigenvalue weighted by molar-refractivity contribution is -0.122. The number of carbonyl (C=O) groups excluding carboxylic acids is 2. The monoisotopic (exact) mass is 354 g/mol. The van der Waals surface area contributed by atoms with Crippen LogP contribution >= 0.6 is 0 Å². The number of carboxylic acid groups (broad SMARTS) is 1. The first-order valence-electron chi connectivity index (χ1n) is 8.44. The van der Waals surface area contributed by atoms with Gasteiger partial charge in [0.15, 0.2) is 0 Å². The lowest BCUT2D eigenvalue weighted by Crippen LogP contribution is -2.32. The molecule has 0 radical (unpaired) electrons. The van der Waals surface area contributed by atoms with Gasteiger partial charge in [0, 0.05) is 19.5 Å². The predicted molar refractivity (Wildman–Crippen MR) is 97.9 cm³/mol. The van der Waals surface area contributed by atoms with Crippen molar-refractivity contribution in [1.29, 1.82) is 0 Å². The fourth-order valence-electron chi connectivity index (χ4n) is 2.45. The van der Waals surface area contributed by atoms with Crippen LogP contribution in [0, 0.1) is 0 Å². The predicted octanol–water partition coefficient (Wildman–Crippen LogP) is 1.79. The van der Waals surface area contributed by atoms with Crippen molar-refractivity contribution in [1.82, 2.24) is 10.6 Å². The minimum Gasteiger partial charge on any atom is -0.478 e. The summed E-state index contributed by atoms with van der Waals surface area (Å²) in [4.78, 5) is 34.5. The smallest absolute Gasteiger partial charge is 0.335 e. The lowest BCUT2D eigenvalue weighted by atomic mass is 10.1. The molecule has 0 aromatic heterocycles. The molecule has 136 valence electrons. The van der Waals surface area contributed by atoms with Crippen LogP contribution in [0.3, 0.4) is 0 Å². The molecule has 0 aliphatic rings. The number of carboxylic acids is 1. The van der Waals surface area contributed by atoms with E-state index in [1.54, 1.807) is 12.1 Å². The van der Waals surface area contributed by atoms with Crippen molar-refractivity contribution >= 4 is 17.8 Å². The van der Waals surface area contributed by atoms with Crippen LogP contribution in [0.4, 0.5) is 0 Å². The summed E-state index contributed by atoms with van der Waals surface area (Å²) < 4.78 is 0. The van der Waals surface area contributed by atoms with Gasteiger partial charge in [-0.3, -0.25) is 9.59 Å². The molecule has 0 saturated carbocycles. The minimum absolute atomic E-state index is 0.116. The van der Waals surface area contributed by atoms with Crippen LogP contribution in [0.5, 0.6) is 0 Å². The Labute approximate surface area is 152 Å². The van der Waals surface area contributed by atoms with Crippen molar-refractivity contribution < 1.29 is 19.5 Å². The van der Waals surface area contributed by atoms with E-state index in [1.165, 1.54) is 6.07 Å². The Hall–Kier alpha value is -3.15. The topological polar surface area (TPSA) is 95.5 Å². The average molecular weight is 354 g/mol. The molecule has 0 unspecified atom stereocenters. The van der Waals surface area contributed by atoms with E-state index in [1.807, 2.05) is 36.4 Å². The van der Waals surface area contributed by atoms with Crippen LogP contribution < -0.4 is 10.6 Å². The molecular weight excluding hydrogens is 332 g/mol. The molecule has 0 aliphatic carbocycles. The number of carbonyl (C=O) groups is 3. The van der Waals surface area contributed by atoms with Gasteiger partial charge in [0.2, 0.25) is 11.8 Å². The second kappa shape index (κ2) is 9.98. The quantitative estimate of drug-likeness (QED) is 0.640. The van der Waals surface area contributed by atoms with Gasteiger partial charge in [0.05, 0.1) is 12.0 Å². The first-order valence-corrected chi connectivity index (χ1v) is 8.44. The van der Waals surface area contributed by atoms with Crippen LogP contribution in [-0.4, -0.2) is 36.0 Å². The highest BCUT2D eigenvalue weighted by molar-refractivity contribution is 5.87. The Balaban J connectivity index is 1.62. The van der Waals surface area contributed by atoms with Gasteiger partial charge >= 0.3 is 5.97 Å². The third-order valence-electron chi connectivity index (χ3n) is 3.79. The maximum atomic E-state index is 11.8. The van der Waals surface area contributed by atoms with Gasteiger partial charge in [-0.15, -0.1) is 0 Å². The van der Waals surface area contributed by atoms with Crippen molar-refractivity contribution in [2.75, 3.05) is 13.1 Å². The van der Waals surface area contributed by atoms with Crippen LogP contribution in [0.2, 0.25) is 0 Å². The first kappa shape index (κ1) is 19.2. The minimum atomic E-state index is -0.970. The molecule has 0 heterocycles. The summed E-state index contributed by atoms with van der Waals surface area (Å²) >= 11 is 0. The molecule has 2 aromatic carbocycles. The van der Waals surface area contributed by atoms with Crippen molar-refractivity contribution in [3.05, 3.63) is 71.3 Å². The van der Waals surface area contributed by atoms with Crippen LogP contribution in [0.1, 0.15) is 27.9 Å². The molecule has 0 aliphatic heterocycles. The van der Waals surface area contributed by atoms with Gasteiger partial charge in [0.1, 0.15) is 0 Å². The molecule has 0 atom stereocenters. The molecule has 6 nitrogen and oxygen atoms in total. The summed E-state index contributed by atoms with van der Waals surface area (Å²) in [7, 11) is 0. The Kier molecular flexibility index (Phi) is 7.36. The highest BCUT2D eigenvalue weighted by Gasteiger charge is 2.06. The van der Waals surface area contributed by atoms with Gasteiger partial charge < -0.3 is 15.7 Å². The van der Waals surface area contributed by atoms with E-state index < -0.39 is 5.97 Å². The van der Waals surface area contributed by atoms with Crippen LogP contribution in [-0.2, 0) is 22.4 Å². The Morgan fingerprint density at radius 1 is 0.808 bits per heavy atom. The van der Waals surface area contributed by atoms with Crippen molar-refractivity contribution in [2.24, 2.45) is 0 Å². The molecule has 0 saturated heterocycles. The van der Waals surface area contributed by atoms with E-state index in [2.05, 4.69) is 10.6 Å². The summed E-state index contributed by atoms with van der Waals surface area (Å²) in [6, 6.07) is 16.0. The molecule has 2 amide bonds. The number of aromatic carboxylic acids is 1. The summed E-state index contributed by atoms with van der Waals surface area (Å²) in [5.74, 6) is -1.24. The molecule has 0 bridgehead atoms. The third kappa shape index (κ3) is 6.76. The molecule has 2 aromatic rings. The van der Waals surface area contributed by atoms with Gasteiger partial charge in [0.25, 0.3) is 0 Å². The summed E-state index contributed by atoms with van der Waals surface area (Å²) in [6.45, 7) is 0.700. The molecular formula is C20H22N2O4. The first-order chi connectivity index (χ1) is 12.5. The fraction of sp³-hybridized carbons (Fsp3) is 0.250. The number of amides is 2. The summed E-state index contributed by atoms with van der Waals surface area (Å²) in [5, 5.41) is 14.4. The summed E-state index contributed by atoms with van der Waals surface area (Å²) in [5.41, 5.74) is 2.01. The van der Waals surface area contributed by atoms with E-state index >= 15 is 0 Å². The van der Waals surface area contributed by atoms with E-state index in [9.17, 15) is 14.4 Å². The Morgan fingerprint density at radius 2 is 1.50 bits per heavy atom. The van der Waals surface area contributed by atoms with E-state index in [0.717, 1.165) is 11.1 Å². The number of hydrogen-bond acceptors (Lipinski definition) is 3. The SMILES string of the molecule is O=C(CCNC(=O)Cc1ccccc1)NCCc1cccc(C(=O)O)c1. The maximum Gasteiger partial charge on any atom is 0.335 e. The van der Waals surface area contributed by atoms with Crippen molar-refractivity contribution in [3.63, 3.8) is 0 Å². The zero-order valence-electron chi connectivity index (χ0n) is 14.4. The Morgan fingerprint density at radius 3 is 2.23 bits per heavy atom. The number of hydrogen-bond donors (Lipinski definition) is 3. The molecule has 2 rings (SSSR count). The summed E-state index contributed by atoms with van der Waals surface area (Å²) in [6.07, 6.45) is 1.05. The second-order valence-electron chi connectivity index (χ2n) is 5.87.